The lowest BCUT2D eigenvalue weighted by Gasteiger charge is -2.11. The van der Waals surface area contributed by atoms with Gasteiger partial charge in [0.15, 0.2) is 11.0 Å². The molecule has 0 aliphatic rings. The second-order valence-corrected chi connectivity index (χ2v) is 7.86. The van der Waals surface area contributed by atoms with Gasteiger partial charge in [-0.05, 0) is 43.7 Å². The Kier molecular flexibility index (Phi) is 7.12. The largest absolute Gasteiger partial charge is 0.355 e. The SMILES string of the molecule is CCCCNC(=O)CSc1nnc(-c2cccc(C)c2)n1-c1ccc(Cl)cc1. The van der Waals surface area contributed by atoms with Crippen molar-refractivity contribution in [3.63, 3.8) is 0 Å². The van der Waals surface area contributed by atoms with Gasteiger partial charge in [-0.3, -0.25) is 9.36 Å². The van der Waals surface area contributed by atoms with Crippen LogP contribution in [0.3, 0.4) is 0 Å². The number of carbonyl (C=O) groups is 1. The van der Waals surface area contributed by atoms with Crippen molar-refractivity contribution in [2.45, 2.75) is 31.8 Å². The maximum absolute atomic E-state index is 12.1. The topological polar surface area (TPSA) is 59.8 Å². The summed E-state index contributed by atoms with van der Waals surface area (Å²) in [6.45, 7) is 4.85. The normalized spacial score (nSPS) is 10.8. The third-order valence-corrected chi connectivity index (χ3v) is 5.36. The zero-order valence-electron chi connectivity index (χ0n) is 16.0. The molecule has 1 N–H and O–H groups in total. The van der Waals surface area contributed by atoms with Gasteiger partial charge in [0.2, 0.25) is 5.91 Å². The number of aryl methyl sites for hydroxylation is 1. The van der Waals surface area contributed by atoms with Gasteiger partial charge in [0.25, 0.3) is 0 Å². The van der Waals surface area contributed by atoms with E-state index in [1.165, 1.54) is 11.8 Å². The van der Waals surface area contributed by atoms with Gasteiger partial charge in [0, 0.05) is 22.8 Å². The first kappa shape index (κ1) is 20.4. The predicted octanol–water partition coefficient (Wildman–Crippen LogP) is 4.90. The van der Waals surface area contributed by atoms with Crippen LogP contribution in [0, 0.1) is 6.92 Å². The number of hydrogen-bond acceptors (Lipinski definition) is 4. The smallest absolute Gasteiger partial charge is 0.230 e. The second kappa shape index (κ2) is 9.75. The highest BCUT2D eigenvalue weighted by atomic mass is 35.5. The van der Waals surface area contributed by atoms with Crippen LogP contribution in [-0.2, 0) is 4.79 Å². The van der Waals surface area contributed by atoms with E-state index < -0.39 is 0 Å². The molecule has 0 bridgehead atoms. The molecule has 2 aromatic carbocycles. The van der Waals surface area contributed by atoms with Gasteiger partial charge in [-0.1, -0.05) is 60.5 Å². The number of nitrogens with one attached hydrogen (secondary N) is 1. The summed E-state index contributed by atoms with van der Waals surface area (Å²) in [5, 5.41) is 13.0. The number of aromatic nitrogens is 3. The highest BCUT2D eigenvalue weighted by Crippen LogP contribution is 2.29. The summed E-state index contributed by atoms with van der Waals surface area (Å²) in [6, 6.07) is 15.7. The van der Waals surface area contributed by atoms with Gasteiger partial charge in [-0.15, -0.1) is 10.2 Å². The molecule has 0 saturated heterocycles. The first-order chi connectivity index (χ1) is 13.6. The molecule has 0 atom stereocenters. The zero-order chi connectivity index (χ0) is 19.9. The Morgan fingerprint density at radius 2 is 1.96 bits per heavy atom. The van der Waals surface area contributed by atoms with Crippen molar-refractivity contribution in [3.8, 4) is 17.1 Å². The van der Waals surface area contributed by atoms with Crippen molar-refractivity contribution in [2.75, 3.05) is 12.3 Å². The highest BCUT2D eigenvalue weighted by molar-refractivity contribution is 7.99. The summed E-state index contributed by atoms with van der Waals surface area (Å²) >= 11 is 7.43. The van der Waals surface area contributed by atoms with Crippen LogP contribution >= 0.6 is 23.4 Å². The molecule has 0 unspecified atom stereocenters. The fourth-order valence-corrected chi connectivity index (χ4v) is 3.65. The number of unbranched alkanes of at least 4 members (excludes halogenated alkanes) is 1. The molecule has 28 heavy (non-hydrogen) atoms. The minimum Gasteiger partial charge on any atom is -0.355 e. The first-order valence-corrected chi connectivity index (χ1v) is 10.6. The number of halogens is 1. The van der Waals surface area contributed by atoms with E-state index >= 15 is 0 Å². The Morgan fingerprint density at radius 3 is 2.68 bits per heavy atom. The molecule has 1 amide bonds. The third-order valence-electron chi connectivity index (χ3n) is 4.18. The quantitative estimate of drug-likeness (QED) is 0.420. The van der Waals surface area contributed by atoms with E-state index in [1.807, 2.05) is 54.0 Å². The zero-order valence-corrected chi connectivity index (χ0v) is 17.6. The lowest BCUT2D eigenvalue weighted by Crippen LogP contribution is -2.26. The summed E-state index contributed by atoms with van der Waals surface area (Å²) in [5.41, 5.74) is 3.02. The fraction of sp³-hybridized carbons (Fsp3) is 0.286. The number of amides is 1. The minimum absolute atomic E-state index is 0.00112. The monoisotopic (exact) mass is 414 g/mol. The average Bonchev–Trinajstić information content (AvgIpc) is 3.11. The number of hydrogen-bond donors (Lipinski definition) is 1. The van der Waals surface area contributed by atoms with Crippen molar-refractivity contribution < 1.29 is 4.79 Å². The van der Waals surface area contributed by atoms with Crippen LogP contribution in [0.15, 0.2) is 53.7 Å². The maximum atomic E-state index is 12.1. The molecule has 7 heteroatoms. The highest BCUT2D eigenvalue weighted by Gasteiger charge is 2.17. The Balaban J connectivity index is 1.90. The number of thioether (sulfide) groups is 1. The summed E-state index contributed by atoms with van der Waals surface area (Å²) in [6.07, 6.45) is 2.03. The standard InChI is InChI=1S/C21H23ClN4OS/c1-3-4-12-23-19(27)14-28-21-25-24-20(16-7-5-6-15(2)13-16)26(21)18-10-8-17(22)9-11-18/h5-11,13H,3-4,12,14H2,1-2H3,(H,23,27). The minimum atomic E-state index is 0.00112. The molecule has 0 spiro atoms. The third kappa shape index (κ3) is 5.14. The summed E-state index contributed by atoms with van der Waals surface area (Å²) in [4.78, 5) is 12.1. The van der Waals surface area contributed by atoms with E-state index in [-0.39, 0.29) is 5.91 Å². The Labute approximate surface area is 174 Å². The molecular formula is C21H23ClN4OS. The van der Waals surface area contributed by atoms with Crippen molar-refractivity contribution in [1.82, 2.24) is 20.1 Å². The van der Waals surface area contributed by atoms with E-state index in [4.69, 9.17) is 11.6 Å². The van der Waals surface area contributed by atoms with Crippen LogP contribution in [0.25, 0.3) is 17.1 Å². The maximum Gasteiger partial charge on any atom is 0.230 e. The van der Waals surface area contributed by atoms with Crippen LogP contribution in [0.1, 0.15) is 25.3 Å². The van der Waals surface area contributed by atoms with Crippen LogP contribution in [0.2, 0.25) is 5.02 Å². The number of carbonyl (C=O) groups excluding carboxylic acids is 1. The molecule has 5 nitrogen and oxygen atoms in total. The van der Waals surface area contributed by atoms with E-state index in [2.05, 4.69) is 28.5 Å². The van der Waals surface area contributed by atoms with Crippen molar-refractivity contribution in [2.24, 2.45) is 0 Å². The van der Waals surface area contributed by atoms with E-state index in [9.17, 15) is 4.79 Å². The van der Waals surface area contributed by atoms with Crippen LogP contribution < -0.4 is 5.32 Å². The molecule has 0 fully saturated rings. The lowest BCUT2D eigenvalue weighted by molar-refractivity contribution is -0.118. The van der Waals surface area contributed by atoms with E-state index in [0.29, 0.717) is 22.5 Å². The molecular weight excluding hydrogens is 392 g/mol. The van der Waals surface area contributed by atoms with E-state index in [1.54, 1.807) is 0 Å². The second-order valence-electron chi connectivity index (χ2n) is 6.48. The molecule has 1 aromatic heterocycles. The number of rotatable bonds is 8. The Morgan fingerprint density at radius 1 is 1.18 bits per heavy atom. The van der Waals surface area contributed by atoms with Gasteiger partial charge in [-0.25, -0.2) is 0 Å². The lowest BCUT2D eigenvalue weighted by atomic mass is 10.1. The number of benzene rings is 2. The number of nitrogens with zero attached hydrogens (tertiary/aromatic N) is 3. The first-order valence-electron chi connectivity index (χ1n) is 9.26. The fourth-order valence-electron chi connectivity index (χ4n) is 2.74. The van der Waals surface area contributed by atoms with Gasteiger partial charge >= 0.3 is 0 Å². The molecule has 3 aromatic rings. The molecule has 0 saturated carbocycles. The molecule has 0 radical (unpaired) electrons. The summed E-state index contributed by atoms with van der Waals surface area (Å²) in [7, 11) is 0. The van der Waals surface area contributed by atoms with Crippen LogP contribution in [0.4, 0.5) is 0 Å². The van der Waals surface area contributed by atoms with E-state index in [0.717, 1.165) is 35.5 Å². The van der Waals surface area contributed by atoms with Gasteiger partial charge < -0.3 is 5.32 Å². The van der Waals surface area contributed by atoms with Crippen molar-refractivity contribution in [1.29, 1.82) is 0 Å². The predicted molar refractivity (Wildman–Crippen MR) is 115 cm³/mol. The summed E-state index contributed by atoms with van der Waals surface area (Å²) in [5.74, 6) is 1.03. The van der Waals surface area contributed by atoms with Gasteiger partial charge in [0.05, 0.1) is 5.75 Å². The molecule has 146 valence electrons. The Hall–Kier alpha value is -2.31. The van der Waals surface area contributed by atoms with Crippen molar-refractivity contribution in [3.05, 3.63) is 59.1 Å². The van der Waals surface area contributed by atoms with Crippen LogP contribution in [0.5, 0.6) is 0 Å². The summed E-state index contributed by atoms with van der Waals surface area (Å²) < 4.78 is 1.97. The van der Waals surface area contributed by atoms with Crippen molar-refractivity contribution >= 4 is 29.3 Å². The Bertz CT molecular complexity index is 940. The van der Waals surface area contributed by atoms with Gasteiger partial charge in [-0.2, -0.15) is 0 Å². The van der Waals surface area contributed by atoms with Crippen LogP contribution in [-0.4, -0.2) is 33.0 Å². The molecule has 3 rings (SSSR count). The molecule has 1 heterocycles. The molecule has 0 aliphatic heterocycles. The van der Waals surface area contributed by atoms with Gasteiger partial charge in [0.1, 0.15) is 0 Å². The molecule has 0 aliphatic carbocycles. The average molecular weight is 415 g/mol.